The predicted molar refractivity (Wildman–Crippen MR) is 123 cm³/mol. The first kappa shape index (κ1) is 23.2. The van der Waals surface area contributed by atoms with Crippen molar-refractivity contribution in [3.63, 3.8) is 0 Å². The number of carbonyl (C=O) groups excluding carboxylic acids is 1. The van der Waals surface area contributed by atoms with E-state index in [1.165, 1.54) is 12.1 Å². The van der Waals surface area contributed by atoms with Gasteiger partial charge in [0.25, 0.3) is 5.91 Å². The number of halogens is 3. The van der Waals surface area contributed by atoms with E-state index in [-0.39, 0.29) is 12.4 Å². The Morgan fingerprint density at radius 3 is 2.38 bits per heavy atom. The molecule has 1 heterocycles. The molecule has 0 fully saturated rings. The maximum absolute atomic E-state index is 13.0. The van der Waals surface area contributed by atoms with Crippen LogP contribution in [0.1, 0.15) is 38.7 Å². The van der Waals surface area contributed by atoms with Gasteiger partial charge >= 0.3 is 6.18 Å². The molecule has 0 aliphatic carbocycles. The van der Waals surface area contributed by atoms with E-state index in [4.69, 9.17) is 0 Å². The van der Waals surface area contributed by atoms with Crippen LogP contribution in [0.4, 0.5) is 13.2 Å². The van der Waals surface area contributed by atoms with Crippen LogP contribution in [0.3, 0.4) is 0 Å². The summed E-state index contributed by atoms with van der Waals surface area (Å²) in [6, 6.07) is 22.5. The van der Waals surface area contributed by atoms with E-state index in [0.717, 1.165) is 35.4 Å². The van der Waals surface area contributed by atoms with Crippen molar-refractivity contribution in [2.45, 2.75) is 32.5 Å². The molecule has 5 nitrogen and oxygen atoms in total. The summed E-state index contributed by atoms with van der Waals surface area (Å²) in [6.45, 7) is 1.90. The van der Waals surface area contributed by atoms with Crippen LogP contribution >= 0.6 is 0 Å². The van der Waals surface area contributed by atoms with Crippen LogP contribution in [0.15, 0.2) is 78.9 Å². The normalized spacial score (nSPS) is 11.4. The van der Waals surface area contributed by atoms with Crippen LogP contribution in [-0.2, 0) is 25.6 Å². The predicted octanol–water partition coefficient (Wildman–Crippen LogP) is 5.31. The zero-order valence-corrected chi connectivity index (χ0v) is 18.5. The molecule has 0 spiro atoms. The van der Waals surface area contributed by atoms with Gasteiger partial charge in [0.2, 0.25) is 5.82 Å². The number of benzene rings is 3. The minimum Gasteiger partial charge on any atom is -0.345 e. The van der Waals surface area contributed by atoms with Gasteiger partial charge in [-0.3, -0.25) is 4.79 Å². The van der Waals surface area contributed by atoms with Crippen LogP contribution in [0.25, 0.3) is 5.69 Å². The Labute approximate surface area is 195 Å². The second-order valence-corrected chi connectivity index (χ2v) is 7.97. The third-order valence-electron chi connectivity index (χ3n) is 5.31. The van der Waals surface area contributed by atoms with Crippen LogP contribution < -0.4 is 5.32 Å². The van der Waals surface area contributed by atoms with Crippen molar-refractivity contribution >= 4 is 5.91 Å². The van der Waals surface area contributed by atoms with E-state index in [9.17, 15) is 18.0 Å². The first-order chi connectivity index (χ1) is 16.3. The van der Waals surface area contributed by atoms with E-state index in [1.807, 2.05) is 61.5 Å². The number of amides is 1. The number of carbonyl (C=O) groups is 1. The highest BCUT2D eigenvalue weighted by atomic mass is 19.4. The summed E-state index contributed by atoms with van der Waals surface area (Å²) in [5, 5.41) is 7.04. The highest BCUT2D eigenvalue weighted by Crippen LogP contribution is 2.29. The fraction of sp³-hybridized carbons (Fsp3) is 0.192. The second kappa shape index (κ2) is 9.91. The third kappa shape index (κ3) is 5.70. The zero-order valence-electron chi connectivity index (χ0n) is 18.5. The summed E-state index contributed by atoms with van der Waals surface area (Å²) in [4.78, 5) is 17.2. The molecule has 1 amide bonds. The van der Waals surface area contributed by atoms with Crippen molar-refractivity contribution in [3.8, 4) is 5.69 Å². The number of rotatable bonds is 7. The van der Waals surface area contributed by atoms with E-state index >= 15 is 0 Å². The minimum absolute atomic E-state index is 0.0310. The van der Waals surface area contributed by atoms with Crippen molar-refractivity contribution in [3.05, 3.63) is 113 Å². The highest BCUT2D eigenvalue weighted by molar-refractivity contribution is 5.90. The summed E-state index contributed by atoms with van der Waals surface area (Å²) < 4.78 is 40.5. The van der Waals surface area contributed by atoms with Crippen LogP contribution in [-0.4, -0.2) is 20.7 Å². The molecule has 34 heavy (non-hydrogen) atoms. The summed E-state index contributed by atoms with van der Waals surface area (Å²) in [5.74, 6) is 0.0417. The van der Waals surface area contributed by atoms with Gasteiger partial charge in [-0.15, -0.1) is 5.10 Å². The molecule has 0 aliphatic rings. The average Bonchev–Trinajstić information content (AvgIpc) is 3.26. The first-order valence-electron chi connectivity index (χ1n) is 10.8. The van der Waals surface area contributed by atoms with Crippen molar-refractivity contribution in [2.24, 2.45) is 0 Å². The van der Waals surface area contributed by atoms with Gasteiger partial charge in [0.05, 0.1) is 11.3 Å². The minimum atomic E-state index is -4.44. The standard InChI is InChI=1S/C26H23F3N4O/c1-18-7-5-12-22(15-18)33-23(14-13-19-8-3-2-4-9-19)31-24(32-33)25(34)30-17-20-10-6-11-21(16-20)26(27,28)29/h2-12,15-16H,13-14,17H2,1H3,(H,30,34). The number of aryl methyl sites for hydroxylation is 3. The number of hydrogen-bond acceptors (Lipinski definition) is 3. The molecule has 4 rings (SSSR count). The molecular weight excluding hydrogens is 441 g/mol. The molecule has 0 unspecified atom stereocenters. The fourth-order valence-electron chi connectivity index (χ4n) is 3.59. The Kier molecular flexibility index (Phi) is 6.77. The lowest BCUT2D eigenvalue weighted by Gasteiger charge is -2.09. The molecular formula is C26H23F3N4O. The van der Waals surface area contributed by atoms with Crippen molar-refractivity contribution in [1.29, 1.82) is 0 Å². The Hall–Kier alpha value is -3.94. The molecule has 0 atom stereocenters. The lowest BCUT2D eigenvalue weighted by molar-refractivity contribution is -0.137. The summed E-state index contributed by atoms with van der Waals surface area (Å²) in [5.41, 5.74) is 2.54. The van der Waals surface area contributed by atoms with E-state index in [1.54, 1.807) is 4.68 Å². The molecule has 1 N–H and O–H groups in total. The lowest BCUT2D eigenvalue weighted by atomic mass is 10.1. The van der Waals surface area contributed by atoms with Crippen molar-refractivity contribution in [2.75, 3.05) is 0 Å². The summed E-state index contributed by atoms with van der Waals surface area (Å²) in [6.07, 6.45) is -3.16. The van der Waals surface area contributed by atoms with Crippen molar-refractivity contribution in [1.82, 2.24) is 20.1 Å². The topological polar surface area (TPSA) is 59.8 Å². The molecule has 0 aliphatic heterocycles. The molecule has 0 saturated carbocycles. The Bertz CT molecular complexity index is 1280. The Morgan fingerprint density at radius 2 is 1.65 bits per heavy atom. The van der Waals surface area contributed by atoms with Gasteiger partial charge < -0.3 is 5.32 Å². The molecule has 0 radical (unpaired) electrons. The Balaban J connectivity index is 1.54. The molecule has 1 aromatic heterocycles. The van der Waals surface area contributed by atoms with Crippen LogP contribution in [0.2, 0.25) is 0 Å². The molecule has 174 valence electrons. The summed E-state index contributed by atoms with van der Waals surface area (Å²) >= 11 is 0. The van der Waals surface area contributed by atoms with E-state index in [2.05, 4.69) is 15.4 Å². The Morgan fingerprint density at radius 1 is 0.912 bits per heavy atom. The first-order valence-corrected chi connectivity index (χ1v) is 10.8. The fourth-order valence-corrected chi connectivity index (χ4v) is 3.59. The number of aromatic nitrogens is 3. The number of hydrogen-bond donors (Lipinski definition) is 1. The van der Waals surface area contributed by atoms with Gasteiger partial charge in [0, 0.05) is 13.0 Å². The number of nitrogens with one attached hydrogen (secondary N) is 1. The molecule has 4 aromatic rings. The maximum Gasteiger partial charge on any atom is 0.416 e. The van der Waals surface area contributed by atoms with E-state index < -0.39 is 17.6 Å². The molecule has 0 saturated heterocycles. The lowest BCUT2D eigenvalue weighted by Crippen LogP contribution is -2.24. The van der Waals surface area contributed by atoms with Gasteiger partial charge in [-0.2, -0.15) is 13.2 Å². The quantitative estimate of drug-likeness (QED) is 0.403. The number of nitrogens with zero attached hydrogens (tertiary/aromatic N) is 3. The zero-order chi connectivity index (χ0) is 24.1. The molecule has 3 aromatic carbocycles. The van der Waals surface area contributed by atoms with E-state index in [0.29, 0.717) is 17.8 Å². The van der Waals surface area contributed by atoms with Gasteiger partial charge in [-0.25, -0.2) is 9.67 Å². The maximum atomic E-state index is 13.0. The highest BCUT2D eigenvalue weighted by Gasteiger charge is 2.30. The molecule has 8 heteroatoms. The van der Waals surface area contributed by atoms with Gasteiger partial charge in [0.15, 0.2) is 0 Å². The summed E-state index contributed by atoms with van der Waals surface area (Å²) in [7, 11) is 0. The third-order valence-corrected chi connectivity index (χ3v) is 5.31. The van der Waals surface area contributed by atoms with Crippen LogP contribution in [0.5, 0.6) is 0 Å². The monoisotopic (exact) mass is 464 g/mol. The van der Waals surface area contributed by atoms with Crippen molar-refractivity contribution < 1.29 is 18.0 Å². The van der Waals surface area contributed by atoms with Gasteiger partial charge in [-0.1, -0.05) is 54.6 Å². The largest absolute Gasteiger partial charge is 0.416 e. The SMILES string of the molecule is Cc1cccc(-n2nc(C(=O)NCc3cccc(C(F)(F)F)c3)nc2CCc2ccccc2)c1. The smallest absolute Gasteiger partial charge is 0.345 e. The van der Waals surface area contributed by atoms with Gasteiger partial charge in [0.1, 0.15) is 5.82 Å². The second-order valence-electron chi connectivity index (χ2n) is 7.97. The average molecular weight is 464 g/mol. The number of alkyl halides is 3. The van der Waals surface area contributed by atoms with Gasteiger partial charge in [-0.05, 0) is 54.3 Å². The molecule has 0 bridgehead atoms. The van der Waals surface area contributed by atoms with Crippen LogP contribution in [0, 0.1) is 6.92 Å².